The molecule has 1 N–H and O–H groups in total. The summed E-state index contributed by atoms with van der Waals surface area (Å²) in [5.74, 6) is -0.0149. The van der Waals surface area contributed by atoms with Crippen LogP contribution in [0.1, 0.15) is 38.5 Å². The Morgan fingerprint density at radius 1 is 1.14 bits per heavy atom. The standard InChI is InChI=1S/C18H22N2OS/c1-12-10-15(20-8-4-5-9-20)6-7-17(12)19-18(21)16-11-13(2)22-14(16)3/h6-7,10-11H,4-5,8-9H2,1-3H3,(H,19,21). The lowest BCUT2D eigenvalue weighted by atomic mass is 10.1. The minimum Gasteiger partial charge on any atom is -0.372 e. The molecule has 0 unspecified atom stereocenters. The lowest BCUT2D eigenvalue weighted by Crippen LogP contribution is -2.18. The topological polar surface area (TPSA) is 32.3 Å². The summed E-state index contributed by atoms with van der Waals surface area (Å²) < 4.78 is 0. The maximum Gasteiger partial charge on any atom is 0.256 e. The molecule has 0 bridgehead atoms. The van der Waals surface area contributed by atoms with E-state index in [0.29, 0.717) is 0 Å². The Morgan fingerprint density at radius 2 is 1.86 bits per heavy atom. The maximum absolute atomic E-state index is 12.4. The zero-order valence-corrected chi connectivity index (χ0v) is 14.2. The Hall–Kier alpha value is -1.81. The molecule has 0 aliphatic carbocycles. The van der Waals surface area contributed by atoms with Gasteiger partial charge in [0, 0.05) is 34.2 Å². The molecule has 3 rings (SSSR count). The number of thiophene rings is 1. The van der Waals surface area contributed by atoms with E-state index in [0.717, 1.165) is 34.8 Å². The van der Waals surface area contributed by atoms with Crippen LogP contribution in [0.15, 0.2) is 24.3 Å². The van der Waals surface area contributed by atoms with Crippen LogP contribution in [-0.4, -0.2) is 19.0 Å². The van der Waals surface area contributed by atoms with Crippen molar-refractivity contribution in [3.8, 4) is 0 Å². The predicted molar refractivity (Wildman–Crippen MR) is 94.4 cm³/mol. The molecule has 0 atom stereocenters. The van der Waals surface area contributed by atoms with Crippen molar-refractivity contribution in [1.82, 2.24) is 0 Å². The molecule has 4 heteroatoms. The molecular formula is C18H22N2OS. The van der Waals surface area contributed by atoms with Gasteiger partial charge in [0.15, 0.2) is 0 Å². The van der Waals surface area contributed by atoms with Crippen molar-refractivity contribution in [3.63, 3.8) is 0 Å². The number of nitrogens with one attached hydrogen (secondary N) is 1. The predicted octanol–water partition coefficient (Wildman–Crippen LogP) is 4.53. The summed E-state index contributed by atoms with van der Waals surface area (Å²) in [5.41, 5.74) is 4.06. The molecule has 3 nitrogen and oxygen atoms in total. The molecule has 1 amide bonds. The lowest BCUT2D eigenvalue weighted by molar-refractivity contribution is 0.102. The lowest BCUT2D eigenvalue weighted by Gasteiger charge is -2.19. The quantitative estimate of drug-likeness (QED) is 0.903. The molecule has 1 saturated heterocycles. The van der Waals surface area contributed by atoms with Crippen LogP contribution in [0.5, 0.6) is 0 Å². The summed E-state index contributed by atoms with van der Waals surface area (Å²) >= 11 is 1.66. The van der Waals surface area contributed by atoms with Crippen LogP contribution < -0.4 is 10.2 Å². The van der Waals surface area contributed by atoms with Crippen LogP contribution in [0.3, 0.4) is 0 Å². The number of anilines is 2. The Kier molecular flexibility index (Phi) is 4.21. The summed E-state index contributed by atoms with van der Waals surface area (Å²) in [6.07, 6.45) is 2.54. The van der Waals surface area contributed by atoms with Crippen molar-refractivity contribution in [2.75, 3.05) is 23.3 Å². The van der Waals surface area contributed by atoms with Gasteiger partial charge >= 0.3 is 0 Å². The summed E-state index contributed by atoms with van der Waals surface area (Å²) in [6, 6.07) is 8.27. The van der Waals surface area contributed by atoms with Gasteiger partial charge in [-0.15, -0.1) is 11.3 Å². The van der Waals surface area contributed by atoms with E-state index in [1.165, 1.54) is 23.4 Å². The van der Waals surface area contributed by atoms with Crippen molar-refractivity contribution in [2.45, 2.75) is 33.6 Å². The van der Waals surface area contributed by atoms with Crippen LogP contribution in [-0.2, 0) is 0 Å². The number of nitrogens with zero attached hydrogens (tertiary/aromatic N) is 1. The first-order valence-corrected chi connectivity index (χ1v) is 8.60. The molecule has 1 aliphatic rings. The SMILES string of the molecule is Cc1cc(C(=O)Nc2ccc(N3CCCC3)cc2C)c(C)s1. The summed E-state index contributed by atoms with van der Waals surface area (Å²) in [4.78, 5) is 17.1. The number of hydrogen-bond acceptors (Lipinski definition) is 3. The third-order valence-electron chi connectivity index (χ3n) is 4.22. The number of carbonyl (C=O) groups excluding carboxylic acids is 1. The van der Waals surface area contributed by atoms with Crippen molar-refractivity contribution in [3.05, 3.63) is 45.1 Å². The molecule has 1 aromatic carbocycles. The van der Waals surface area contributed by atoms with E-state index in [9.17, 15) is 4.79 Å². The smallest absolute Gasteiger partial charge is 0.256 e. The van der Waals surface area contributed by atoms with Gasteiger partial charge in [-0.3, -0.25) is 4.79 Å². The van der Waals surface area contributed by atoms with Crippen LogP contribution in [0.4, 0.5) is 11.4 Å². The van der Waals surface area contributed by atoms with Gasteiger partial charge in [0.2, 0.25) is 0 Å². The second kappa shape index (κ2) is 6.13. The van der Waals surface area contributed by atoms with Gasteiger partial charge in [-0.25, -0.2) is 0 Å². The highest BCUT2D eigenvalue weighted by molar-refractivity contribution is 7.12. The van der Waals surface area contributed by atoms with E-state index in [1.807, 2.05) is 26.0 Å². The second-order valence-corrected chi connectivity index (χ2v) is 7.43. The van der Waals surface area contributed by atoms with Gasteiger partial charge in [0.25, 0.3) is 5.91 Å². The fourth-order valence-corrected chi connectivity index (χ4v) is 3.93. The number of hydrogen-bond donors (Lipinski definition) is 1. The monoisotopic (exact) mass is 314 g/mol. The first kappa shape index (κ1) is 15.1. The first-order chi connectivity index (χ1) is 10.5. The molecular weight excluding hydrogens is 292 g/mol. The number of aryl methyl sites for hydroxylation is 3. The number of rotatable bonds is 3. The van der Waals surface area contributed by atoms with Gasteiger partial charge < -0.3 is 10.2 Å². The number of carbonyl (C=O) groups is 1. The maximum atomic E-state index is 12.4. The Labute approximate surface area is 136 Å². The fourth-order valence-electron chi connectivity index (χ4n) is 3.01. The zero-order chi connectivity index (χ0) is 15.7. The van der Waals surface area contributed by atoms with Crippen LogP contribution in [0.25, 0.3) is 0 Å². The van der Waals surface area contributed by atoms with E-state index < -0.39 is 0 Å². The highest BCUT2D eigenvalue weighted by Crippen LogP contribution is 2.27. The molecule has 2 heterocycles. The van der Waals surface area contributed by atoms with Crippen LogP contribution in [0.2, 0.25) is 0 Å². The van der Waals surface area contributed by atoms with Crippen LogP contribution in [0, 0.1) is 20.8 Å². The molecule has 1 aliphatic heterocycles. The van der Waals surface area contributed by atoms with E-state index >= 15 is 0 Å². The highest BCUT2D eigenvalue weighted by Gasteiger charge is 2.15. The summed E-state index contributed by atoms with van der Waals surface area (Å²) in [6.45, 7) is 8.36. The molecule has 1 aromatic heterocycles. The molecule has 2 aromatic rings. The first-order valence-electron chi connectivity index (χ1n) is 7.78. The third kappa shape index (κ3) is 3.02. The fraction of sp³-hybridized carbons (Fsp3) is 0.389. The number of amides is 1. The molecule has 0 spiro atoms. The van der Waals surface area contributed by atoms with Gasteiger partial charge in [0.1, 0.15) is 0 Å². The van der Waals surface area contributed by atoms with Gasteiger partial charge in [-0.05, 0) is 63.4 Å². The highest BCUT2D eigenvalue weighted by atomic mass is 32.1. The number of benzene rings is 1. The Morgan fingerprint density at radius 3 is 2.45 bits per heavy atom. The van der Waals surface area contributed by atoms with Gasteiger partial charge in [-0.1, -0.05) is 0 Å². The van der Waals surface area contributed by atoms with Crippen molar-refractivity contribution < 1.29 is 4.79 Å². The average molecular weight is 314 g/mol. The molecule has 1 fully saturated rings. The summed E-state index contributed by atoms with van der Waals surface area (Å²) in [7, 11) is 0. The van der Waals surface area contributed by atoms with Gasteiger partial charge in [-0.2, -0.15) is 0 Å². The summed E-state index contributed by atoms with van der Waals surface area (Å²) in [5, 5.41) is 3.05. The van der Waals surface area contributed by atoms with E-state index in [2.05, 4.69) is 29.3 Å². The molecule has 0 radical (unpaired) electrons. The Balaban J connectivity index is 1.77. The Bertz CT molecular complexity index is 699. The van der Waals surface area contributed by atoms with Crippen molar-refractivity contribution >= 4 is 28.6 Å². The van der Waals surface area contributed by atoms with E-state index in [1.54, 1.807) is 11.3 Å². The molecule has 0 saturated carbocycles. The third-order valence-corrected chi connectivity index (χ3v) is 5.18. The minimum absolute atomic E-state index is 0.0149. The zero-order valence-electron chi connectivity index (χ0n) is 13.4. The van der Waals surface area contributed by atoms with Crippen molar-refractivity contribution in [1.29, 1.82) is 0 Å². The molecule has 116 valence electrons. The van der Waals surface area contributed by atoms with Gasteiger partial charge in [0.05, 0.1) is 5.56 Å². The van der Waals surface area contributed by atoms with E-state index in [-0.39, 0.29) is 5.91 Å². The second-order valence-electron chi connectivity index (χ2n) is 5.97. The van der Waals surface area contributed by atoms with E-state index in [4.69, 9.17) is 0 Å². The van der Waals surface area contributed by atoms with Crippen LogP contribution >= 0.6 is 11.3 Å². The largest absolute Gasteiger partial charge is 0.372 e. The molecule has 22 heavy (non-hydrogen) atoms. The average Bonchev–Trinajstić information content (AvgIpc) is 3.10. The van der Waals surface area contributed by atoms with Crippen molar-refractivity contribution in [2.24, 2.45) is 0 Å². The normalized spacial score (nSPS) is 14.4. The minimum atomic E-state index is -0.0149.